The minimum atomic E-state index is -0.516. The molecule has 1 heterocycles. The van der Waals surface area contributed by atoms with Gasteiger partial charge in [0.25, 0.3) is 5.56 Å². The number of carbonyl (C=O) groups excluding carboxylic acids is 1. The molecule has 3 rings (SSSR count). The summed E-state index contributed by atoms with van der Waals surface area (Å²) >= 11 is 0. The fourth-order valence-electron chi connectivity index (χ4n) is 2.27. The van der Waals surface area contributed by atoms with Gasteiger partial charge in [-0.1, -0.05) is 12.1 Å². The molecule has 0 atom stereocenters. The Kier molecular flexibility index (Phi) is 3.42. The van der Waals surface area contributed by atoms with Gasteiger partial charge in [-0.2, -0.15) is 0 Å². The maximum absolute atomic E-state index is 13.2. The average molecular weight is 297 g/mol. The molecule has 1 amide bonds. The summed E-state index contributed by atoms with van der Waals surface area (Å²) < 4.78 is 13.2. The molecule has 110 valence electrons. The number of nitrogens with zero attached hydrogens (tertiary/aromatic N) is 1. The van der Waals surface area contributed by atoms with Crippen LogP contribution in [-0.4, -0.2) is 15.9 Å². The lowest BCUT2D eigenvalue weighted by Gasteiger charge is -2.05. The number of halogens is 1. The van der Waals surface area contributed by atoms with Crippen molar-refractivity contribution in [2.75, 3.05) is 0 Å². The first-order valence-corrected chi connectivity index (χ1v) is 6.60. The van der Waals surface area contributed by atoms with Crippen molar-refractivity contribution in [3.05, 3.63) is 75.6 Å². The Morgan fingerprint density at radius 1 is 1.23 bits per heavy atom. The zero-order valence-electron chi connectivity index (χ0n) is 11.5. The van der Waals surface area contributed by atoms with Crippen LogP contribution in [0.1, 0.15) is 21.7 Å². The number of nitrogens with one attached hydrogen (secondary N) is 1. The van der Waals surface area contributed by atoms with Crippen LogP contribution in [0.2, 0.25) is 0 Å². The Morgan fingerprint density at radius 2 is 2.05 bits per heavy atom. The third-order valence-corrected chi connectivity index (χ3v) is 3.30. The number of primary amides is 1. The number of hydrogen-bond acceptors (Lipinski definition) is 3. The number of aromatic amines is 1. The fraction of sp³-hybridized carbons (Fsp3) is 0.0625. The van der Waals surface area contributed by atoms with Gasteiger partial charge >= 0.3 is 0 Å². The molecule has 1 aromatic heterocycles. The Labute approximate surface area is 124 Å². The van der Waals surface area contributed by atoms with Crippen molar-refractivity contribution < 1.29 is 9.18 Å². The minimum Gasteiger partial charge on any atom is -0.366 e. The predicted octanol–water partition coefficient (Wildman–Crippen LogP) is 1.75. The van der Waals surface area contributed by atoms with Gasteiger partial charge in [0, 0.05) is 12.0 Å². The lowest BCUT2D eigenvalue weighted by Crippen LogP contribution is -2.13. The highest BCUT2D eigenvalue weighted by molar-refractivity contribution is 5.92. The fourth-order valence-corrected chi connectivity index (χ4v) is 2.27. The van der Waals surface area contributed by atoms with Crippen LogP contribution in [-0.2, 0) is 6.42 Å². The highest BCUT2D eigenvalue weighted by atomic mass is 19.1. The second-order valence-electron chi connectivity index (χ2n) is 4.92. The van der Waals surface area contributed by atoms with Crippen LogP contribution in [0.25, 0.3) is 10.9 Å². The molecule has 3 aromatic rings. The van der Waals surface area contributed by atoms with Crippen LogP contribution in [0.4, 0.5) is 4.39 Å². The molecule has 2 aromatic carbocycles. The third kappa shape index (κ3) is 2.71. The topological polar surface area (TPSA) is 88.8 Å². The van der Waals surface area contributed by atoms with E-state index in [1.807, 2.05) is 0 Å². The van der Waals surface area contributed by atoms with E-state index in [2.05, 4.69) is 9.97 Å². The first kappa shape index (κ1) is 13.9. The molecule has 0 aliphatic rings. The molecule has 6 heteroatoms. The van der Waals surface area contributed by atoms with Crippen LogP contribution in [0.5, 0.6) is 0 Å². The molecule has 0 spiro atoms. The molecule has 0 fully saturated rings. The van der Waals surface area contributed by atoms with Gasteiger partial charge in [0.05, 0.1) is 10.9 Å². The van der Waals surface area contributed by atoms with Crippen molar-refractivity contribution in [3.8, 4) is 0 Å². The number of benzene rings is 2. The summed E-state index contributed by atoms with van der Waals surface area (Å²) in [6, 6.07) is 10.7. The van der Waals surface area contributed by atoms with Crippen molar-refractivity contribution in [3.63, 3.8) is 0 Å². The molecule has 0 saturated carbocycles. The molecule has 3 N–H and O–H groups in total. The van der Waals surface area contributed by atoms with Gasteiger partial charge in [-0.05, 0) is 35.9 Å². The molecule has 0 saturated heterocycles. The quantitative estimate of drug-likeness (QED) is 0.772. The van der Waals surface area contributed by atoms with E-state index in [4.69, 9.17) is 5.73 Å². The van der Waals surface area contributed by atoms with E-state index in [0.717, 1.165) is 11.6 Å². The molecule has 22 heavy (non-hydrogen) atoms. The first-order valence-electron chi connectivity index (χ1n) is 6.60. The number of rotatable bonds is 3. The van der Waals surface area contributed by atoms with E-state index in [-0.39, 0.29) is 5.39 Å². The summed E-state index contributed by atoms with van der Waals surface area (Å²) in [6.45, 7) is 0. The van der Waals surface area contributed by atoms with Crippen LogP contribution in [0, 0.1) is 5.82 Å². The molecule has 5 nitrogen and oxygen atoms in total. The van der Waals surface area contributed by atoms with Crippen LogP contribution >= 0.6 is 0 Å². The number of H-pyrrole nitrogens is 1. The molecule has 0 aliphatic carbocycles. The molecule has 0 bridgehead atoms. The summed E-state index contributed by atoms with van der Waals surface area (Å²) in [5.74, 6) is -0.565. The van der Waals surface area contributed by atoms with E-state index in [0.29, 0.717) is 23.3 Å². The van der Waals surface area contributed by atoms with Crippen LogP contribution in [0.3, 0.4) is 0 Å². The summed E-state index contributed by atoms with van der Waals surface area (Å²) in [5, 5.41) is 0.203. The van der Waals surface area contributed by atoms with Crippen molar-refractivity contribution >= 4 is 16.8 Å². The number of hydrogen-bond donors (Lipinski definition) is 2. The molecule has 0 unspecified atom stereocenters. The van der Waals surface area contributed by atoms with Gasteiger partial charge in [-0.3, -0.25) is 9.59 Å². The maximum Gasteiger partial charge on any atom is 0.258 e. The Balaban J connectivity index is 2.01. The number of aromatic nitrogens is 2. The van der Waals surface area contributed by atoms with Crippen molar-refractivity contribution in [1.82, 2.24) is 9.97 Å². The number of amides is 1. The van der Waals surface area contributed by atoms with Gasteiger partial charge in [0.2, 0.25) is 5.91 Å². The second kappa shape index (κ2) is 5.40. The normalized spacial score (nSPS) is 10.8. The van der Waals surface area contributed by atoms with E-state index < -0.39 is 17.3 Å². The number of nitrogens with two attached hydrogens (primary N) is 1. The van der Waals surface area contributed by atoms with E-state index >= 15 is 0 Å². The lowest BCUT2D eigenvalue weighted by atomic mass is 10.1. The zero-order valence-corrected chi connectivity index (χ0v) is 11.5. The molecule has 0 radical (unpaired) electrons. The van der Waals surface area contributed by atoms with Crippen LogP contribution in [0.15, 0.2) is 47.3 Å². The van der Waals surface area contributed by atoms with Crippen LogP contribution < -0.4 is 11.3 Å². The highest BCUT2D eigenvalue weighted by Crippen LogP contribution is 2.12. The second-order valence-corrected chi connectivity index (χ2v) is 4.92. The van der Waals surface area contributed by atoms with E-state index in [1.165, 1.54) is 12.1 Å². The van der Waals surface area contributed by atoms with Gasteiger partial charge in [-0.15, -0.1) is 0 Å². The number of fused-ring (bicyclic) bond motifs is 1. The number of carbonyl (C=O) groups is 1. The lowest BCUT2D eigenvalue weighted by molar-refractivity contribution is 0.1000. The Morgan fingerprint density at radius 3 is 2.82 bits per heavy atom. The standard InChI is InChI=1S/C16H12FN3O2/c17-11-4-5-13-12(8-11)16(22)20-14(19-13)7-9-2-1-3-10(6-9)15(18)21/h1-6,8H,7H2,(H2,18,21)(H,19,20,22). The summed E-state index contributed by atoms with van der Waals surface area (Å²) in [5.41, 5.74) is 6.45. The zero-order chi connectivity index (χ0) is 15.7. The van der Waals surface area contributed by atoms with Crippen molar-refractivity contribution in [1.29, 1.82) is 0 Å². The molecular formula is C16H12FN3O2. The van der Waals surface area contributed by atoms with Gasteiger partial charge in [-0.25, -0.2) is 9.37 Å². The summed E-state index contributed by atoms with van der Waals surface area (Å²) in [4.78, 5) is 30.1. The Bertz CT molecular complexity index is 934. The highest BCUT2D eigenvalue weighted by Gasteiger charge is 2.07. The predicted molar refractivity (Wildman–Crippen MR) is 80.1 cm³/mol. The van der Waals surface area contributed by atoms with E-state index in [1.54, 1.807) is 24.3 Å². The smallest absolute Gasteiger partial charge is 0.258 e. The van der Waals surface area contributed by atoms with Gasteiger partial charge in [0.1, 0.15) is 11.6 Å². The largest absolute Gasteiger partial charge is 0.366 e. The SMILES string of the molecule is NC(=O)c1cccc(Cc2nc3ccc(F)cc3c(=O)[nH]2)c1. The Hall–Kier alpha value is -3.02. The molecule has 0 aliphatic heterocycles. The first-order chi connectivity index (χ1) is 10.5. The summed E-state index contributed by atoms with van der Waals surface area (Å²) in [7, 11) is 0. The summed E-state index contributed by atoms with van der Waals surface area (Å²) in [6.07, 6.45) is 0.337. The molecular weight excluding hydrogens is 285 g/mol. The van der Waals surface area contributed by atoms with E-state index in [9.17, 15) is 14.0 Å². The minimum absolute atomic E-state index is 0.203. The third-order valence-electron chi connectivity index (χ3n) is 3.30. The maximum atomic E-state index is 13.2. The van der Waals surface area contributed by atoms with Crippen molar-refractivity contribution in [2.45, 2.75) is 6.42 Å². The average Bonchev–Trinajstić information content (AvgIpc) is 2.48. The monoisotopic (exact) mass is 297 g/mol. The van der Waals surface area contributed by atoms with Crippen molar-refractivity contribution in [2.24, 2.45) is 5.73 Å². The van der Waals surface area contributed by atoms with Gasteiger partial charge in [0.15, 0.2) is 0 Å². The van der Waals surface area contributed by atoms with Gasteiger partial charge < -0.3 is 10.7 Å².